The third-order valence-electron chi connectivity index (χ3n) is 2.20. The van der Waals surface area contributed by atoms with E-state index in [9.17, 15) is 14.4 Å². The van der Waals surface area contributed by atoms with E-state index in [1.165, 1.54) is 12.1 Å². The maximum Gasteiger partial charge on any atom is 0.282 e. The molecule has 0 aliphatic rings. The van der Waals surface area contributed by atoms with E-state index in [4.69, 9.17) is 5.73 Å². The van der Waals surface area contributed by atoms with E-state index in [1.54, 1.807) is 18.2 Å². The number of carbonyl (C=O) groups is 3. The molecule has 3 N–H and O–H groups in total. The summed E-state index contributed by atoms with van der Waals surface area (Å²) < 4.78 is 4.24. The predicted octanol–water partition coefficient (Wildman–Crippen LogP) is -0.261. The summed E-state index contributed by atoms with van der Waals surface area (Å²) in [6, 6.07) is 8.07. The number of rotatable bonds is 3. The van der Waals surface area contributed by atoms with E-state index in [-0.39, 0.29) is 5.56 Å². The van der Waals surface area contributed by atoms with Crippen LogP contribution in [0.25, 0.3) is 0 Å². The second-order valence-electron chi connectivity index (χ2n) is 3.47. The van der Waals surface area contributed by atoms with Crippen molar-refractivity contribution in [1.29, 1.82) is 0 Å². The molecule has 8 nitrogen and oxygen atoms in total. The normalized spacial score (nSPS) is 9.89. The van der Waals surface area contributed by atoms with E-state index in [0.717, 1.165) is 0 Å². The molecule has 2 rings (SSSR count). The zero-order valence-corrected chi connectivity index (χ0v) is 9.49. The Morgan fingerprint density at radius 3 is 2.26 bits per heavy atom. The predicted molar refractivity (Wildman–Crippen MR) is 61.1 cm³/mol. The smallest absolute Gasteiger partial charge is 0.282 e. The summed E-state index contributed by atoms with van der Waals surface area (Å²) in [4.78, 5) is 34.4. The van der Waals surface area contributed by atoms with Gasteiger partial charge in [0.1, 0.15) is 0 Å². The molecule has 1 aromatic heterocycles. The molecule has 19 heavy (non-hydrogen) atoms. The first-order chi connectivity index (χ1) is 9.09. The van der Waals surface area contributed by atoms with Gasteiger partial charge >= 0.3 is 0 Å². The van der Waals surface area contributed by atoms with Crippen LogP contribution in [0.1, 0.15) is 31.3 Å². The van der Waals surface area contributed by atoms with Gasteiger partial charge < -0.3 is 5.73 Å². The van der Waals surface area contributed by atoms with Gasteiger partial charge in [-0.3, -0.25) is 19.7 Å². The van der Waals surface area contributed by atoms with Gasteiger partial charge in [0.2, 0.25) is 11.4 Å². The standard InChI is InChI=1S/C11H8N4O4/c12-9(16)7-8(15-19-14-7)11(18)13-10(17)6-4-2-1-3-5-6/h1-5H,(H2,12,16)(H,13,17,18). The van der Waals surface area contributed by atoms with Crippen LogP contribution in [0.2, 0.25) is 0 Å². The number of nitrogens with zero attached hydrogens (tertiary/aromatic N) is 2. The second-order valence-corrected chi connectivity index (χ2v) is 3.47. The Balaban J connectivity index is 2.16. The number of amides is 3. The highest BCUT2D eigenvalue weighted by Gasteiger charge is 2.23. The van der Waals surface area contributed by atoms with Gasteiger partial charge in [0, 0.05) is 5.56 Å². The summed E-state index contributed by atoms with van der Waals surface area (Å²) in [5.74, 6) is -2.52. The van der Waals surface area contributed by atoms with Gasteiger partial charge in [-0.25, -0.2) is 4.63 Å². The van der Waals surface area contributed by atoms with Crippen molar-refractivity contribution in [2.45, 2.75) is 0 Å². The first-order valence-corrected chi connectivity index (χ1v) is 5.12. The quantitative estimate of drug-likeness (QED) is 0.731. The monoisotopic (exact) mass is 260 g/mol. The maximum atomic E-state index is 11.7. The average Bonchev–Trinajstić information content (AvgIpc) is 2.89. The van der Waals surface area contributed by atoms with E-state index in [0.29, 0.717) is 0 Å². The molecule has 8 heteroatoms. The van der Waals surface area contributed by atoms with Crippen molar-refractivity contribution in [2.24, 2.45) is 5.73 Å². The minimum Gasteiger partial charge on any atom is -0.364 e. The molecule has 0 spiro atoms. The molecule has 1 heterocycles. The summed E-state index contributed by atoms with van der Waals surface area (Å²) in [5, 5.41) is 8.46. The fourth-order valence-electron chi connectivity index (χ4n) is 1.32. The zero-order valence-electron chi connectivity index (χ0n) is 9.49. The van der Waals surface area contributed by atoms with Crippen molar-refractivity contribution in [3.8, 4) is 0 Å². The fourth-order valence-corrected chi connectivity index (χ4v) is 1.32. The molecule has 96 valence electrons. The number of nitrogens with two attached hydrogens (primary N) is 1. The highest BCUT2D eigenvalue weighted by molar-refractivity contribution is 6.12. The number of hydrogen-bond donors (Lipinski definition) is 2. The Morgan fingerprint density at radius 1 is 1.00 bits per heavy atom. The van der Waals surface area contributed by atoms with Crippen LogP contribution in [-0.2, 0) is 0 Å². The summed E-state index contributed by atoms with van der Waals surface area (Å²) in [7, 11) is 0. The number of imide groups is 1. The lowest BCUT2D eigenvalue weighted by molar-refractivity contribution is 0.0838. The Morgan fingerprint density at radius 2 is 1.63 bits per heavy atom. The van der Waals surface area contributed by atoms with Gasteiger partial charge in [0.25, 0.3) is 17.7 Å². The molecule has 0 atom stereocenters. The molecule has 0 unspecified atom stereocenters. The van der Waals surface area contributed by atoms with Gasteiger partial charge in [-0.2, -0.15) is 0 Å². The minimum atomic E-state index is -0.974. The second kappa shape index (κ2) is 5.08. The molecule has 0 radical (unpaired) electrons. The zero-order chi connectivity index (χ0) is 13.8. The van der Waals surface area contributed by atoms with Gasteiger partial charge in [0.15, 0.2) is 0 Å². The topological polar surface area (TPSA) is 128 Å². The number of primary amides is 1. The Bertz CT molecular complexity index is 635. The van der Waals surface area contributed by atoms with Crippen LogP contribution in [-0.4, -0.2) is 28.0 Å². The van der Waals surface area contributed by atoms with Gasteiger partial charge in [0.05, 0.1) is 0 Å². The van der Waals surface area contributed by atoms with E-state index in [2.05, 4.69) is 14.9 Å². The Labute approximate surface area is 106 Å². The van der Waals surface area contributed by atoms with Crippen molar-refractivity contribution in [3.63, 3.8) is 0 Å². The van der Waals surface area contributed by atoms with Crippen LogP contribution in [0.4, 0.5) is 0 Å². The molecule has 2 aromatic rings. The third kappa shape index (κ3) is 2.63. The molecule has 3 amide bonds. The first kappa shape index (κ1) is 12.4. The summed E-state index contributed by atoms with van der Waals surface area (Å²) in [6.45, 7) is 0. The lowest BCUT2D eigenvalue weighted by Crippen LogP contribution is -2.32. The van der Waals surface area contributed by atoms with Crippen molar-refractivity contribution < 1.29 is 19.0 Å². The highest BCUT2D eigenvalue weighted by atomic mass is 16.6. The maximum absolute atomic E-state index is 11.7. The van der Waals surface area contributed by atoms with E-state index < -0.39 is 29.1 Å². The van der Waals surface area contributed by atoms with Crippen molar-refractivity contribution in [2.75, 3.05) is 0 Å². The molecular formula is C11H8N4O4. The molecule has 1 aromatic carbocycles. The van der Waals surface area contributed by atoms with Gasteiger partial charge in [-0.15, -0.1) is 0 Å². The molecule has 0 fully saturated rings. The van der Waals surface area contributed by atoms with Gasteiger partial charge in [-0.1, -0.05) is 18.2 Å². The molecule has 0 bridgehead atoms. The van der Waals surface area contributed by atoms with Gasteiger partial charge in [-0.05, 0) is 22.4 Å². The number of nitrogens with one attached hydrogen (secondary N) is 1. The molecule has 0 saturated heterocycles. The SMILES string of the molecule is NC(=O)c1nonc1C(=O)NC(=O)c1ccccc1. The minimum absolute atomic E-state index is 0.285. The molecule has 0 saturated carbocycles. The van der Waals surface area contributed by atoms with Crippen LogP contribution < -0.4 is 11.1 Å². The number of carbonyl (C=O) groups excluding carboxylic acids is 3. The average molecular weight is 260 g/mol. The van der Waals surface area contributed by atoms with Crippen molar-refractivity contribution >= 4 is 17.7 Å². The lowest BCUT2D eigenvalue weighted by Gasteiger charge is -2.01. The van der Waals surface area contributed by atoms with Crippen molar-refractivity contribution in [3.05, 3.63) is 47.3 Å². The summed E-state index contributed by atoms with van der Waals surface area (Å²) in [6.07, 6.45) is 0. The van der Waals surface area contributed by atoms with Crippen LogP contribution in [0.5, 0.6) is 0 Å². The van der Waals surface area contributed by atoms with E-state index >= 15 is 0 Å². The lowest BCUT2D eigenvalue weighted by atomic mass is 10.2. The number of benzene rings is 1. The van der Waals surface area contributed by atoms with Crippen LogP contribution in [0.15, 0.2) is 35.0 Å². The first-order valence-electron chi connectivity index (χ1n) is 5.12. The molecule has 0 aliphatic heterocycles. The van der Waals surface area contributed by atoms with Crippen LogP contribution in [0, 0.1) is 0 Å². The Kier molecular flexibility index (Phi) is 3.33. The van der Waals surface area contributed by atoms with E-state index in [1.807, 2.05) is 5.32 Å². The van der Waals surface area contributed by atoms with Crippen LogP contribution in [0.3, 0.4) is 0 Å². The molecule has 0 aliphatic carbocycles. The molecular weight excluding hydrogens is 252 g/mol. The third-order valence-corrected chi connectivity index (χ3v) is 2.20. The van der Waals surface area contributed by atoms with Crippen molar-refractivity contribution in [1.82, 2.24) is 15.6 Å². The number of hydrogen-bond acceptors (Lipinski definition) is 6. The summed E-state index contributed by atoms with van der Waals surface area (Å²) >= 11 is 0. The number of aromatic nitrogens is 2. The highest BCUT2D eigenvalue weighted by Crippen LogP contribution is 2.03. The Hall–Kier alpha value is -3.03. The summed E-state index contributed by atoms with van der Waals surface area (Å²) in [5.41, 5.74) is 4.39. The largest absolute Gasteiger partial charge is 0.364 e. The fraction of sp³-hybridized carbons (Fsp3) is 0. The van der Waals surface area contributed by atoms with Crippen LogP contribution >= 0.6 is 0 Å².